The molecule has 1 unspecified atom stereocenters. The highest BCUT2D eigenvalue weighted by Gasteiger charge is 2.51. The Bertz CT molecular complexity index is 480. The molecule has 1 aliphatic heterocycles. The highest BCUT2D eigenvalue weighted by molar-refractivity contribution is 5.45. The molecule has 2 bridgehead atoms. The largest absolute Gasteiger partial charge is 0.508 e. The smallest absolute Gasteiger partial charge is 0.115 e. The molecule has 3 atom stereocenters. The van der Waals surface area contributed by atoms with Crippen molar-refractivity contribution < 1.29 is 5.11 Å². The zero-order valence-electron chi connectivity index (χ0n) is 10.8. The average Bonchev–Trinajstić information content (AvgIpc) is 2.40. The van der Waals surface area contributed by atoms with Crippen molar-refractivity contribution in [3.8, 4) is 5.75 Å². The van der Waals surface area contributed by atoms with Gasteiger partial charge in [-0.25, -0.2) is 0 Å². The molecule has 3 aliphatic rings. The maximum atomic E-state index is 9.86. The normalized spacial score (nSPS) is 37.8. The van der Waals surface area contributed by atoms with Gasteiger partial charge in [0.1, 0.15) is 5.75 Å². The van der Waals surface area contributed by atoms with Crippen LogP contribution in [0, 0.1) is 5.92 Å². The second-order valence-electron chi connectivity index (χ2n) is 6.36. The molecule has 1 aromatic carbocycles. The van der Waals surface area contributed by atoms with E-state index >= 15 is 0 Å². The van der Waals surface area contributed by atoms with Crippen LogP contribution in [0.5, 0.6) is 5.75 Å². The van der Waals surface area contributed by atoms with Gasteiger partial charge in [0.15, 0.2) is 0 Å². The van der Waals surface area contributed by atoms with Gasteiger partial charge in [-0.05, 0) is 61.4 Å². The fourth-order valence-electron chi connectivity index (χ4n) is 4.91. The van der Waals surface area contributed by atoms with Crippen molar-refractivity contribution >= 4 is 0 Å². The van der Waals surface area contributed by atoms with Gasteiger partial charge in [0.2, 0.25) is 0 Å². The molecule has 1 saturated heterocycles. The number of phenolic OH excluding ortho intramolecular Hbond substituents is 1. The van der Waals surface area contributed by atoms with E-state index in [-0.39, 0.29) is 0 Å². The summed E-state index contributed by atoms with van der Waals surface area (Å²) in [5.74, 6) is 1.25. The van der Waals surface area contributed by atoms with Crippen molar-refractivity contribution in [3.05, 3.63) is 29.3 Å². The van der Waals surface area contributed by atoms with Gasteiger partial charge in [-0.3, -0.25) is 0 Å². The quantitative estimate of drug-likeness (QED) is 0.734. The lowest BCUT2D eigenvalue weighted by atomic mass is 9.53. The van der Waals surface area contributed by atoms with E-state index in [4.69, 9.17) is 0 Å². The molecule has 96 valence electrons. The Kier molecular flexibility index (Phi) is 2.25. The molecule has 4 rings (SSSR count). The Morgan fingerprint density at radius 1 is 1.22 bits per heavy atom. The van der Waals surface area contributed by atoms with Gasteiger partial charge < -0.3 is 10.4 Å². The average molecular weight is 243 g/mol. The third kappa shape index (κ3) is 1.33. The zero-order chi connectivity index (χ0) is 12.2. The predicted octanol–water partition coefficient (Wildman–Crippen LogP) is 2.74. The van der Waals surface area contributed by atoms with Crippen LogP contribution < -0.4 is 5.32 Å². The number of nitrogens with one attached hydrogen (secondary N) is 1. The Morgan fingerprint density at radius 3 is 3.11 bits per heavy atom. The van der Waals surface area contributed by atoms with Crippen LogP contribution in [0.2, 0.25) is 0 Å². The standard InChI is InChI=1S/C16H21NO/c18-12-5-4-11-9-15-13-3-1-2-6-16(13,7-8-17-15)14(11)10-12/h4-5,10,13,15,17-18H,1-3,6-9H2/t13?,15-,16+/m0/s1. The van der Waals surface area contributed by atoms with E-state index in [0.717, 1.165) is 18.9 Å². The van der Waals surface area contributed by atoms with Crippen LogP contribution in [0.15, 0.2) is 18.2 Å². The van der Waals surface area contributed by atoms with Gasteiger partial charge in [0.05, 0.1) is 0 Å². The molecule has 0 radical (unpaired) electrons. The monoisotopic (exact) mass is 243 g/mol. The molecule has 2 heteroatoms. The first kappa shape index (κ1) is 10.9. The van der Waals surface area contributed by atoms with E-state index < -0.39 is 0 Å². The van der Waals surface area contributed by atoms with Gasteiger partial charge in [-0.1, -0.05) is 18.9 Å². The maximum Gasteiger partial charge on any atom is 0.115 e. The molecule has 18 heavy (non-hydrogen) atoms. The van der Waals surface area contributed by atoms with E-state index in [1.807, 2.05) is 6.07 Å². The van der Waals surface area contributed by atoms with E-state index in [1.54, 1.807) is 0 Å². The van der Waals surface area contributed by atoms with Crippen LogP contribution in [0.25, 0.3) is 0 Å². The van der Waals surface area contributed by atoms with Crippen LogP contribution in [0.4, 0.5) is 0 Å². The molecule has 2 aliphatic carbocycles. The van der Waals surface area contributed by atoms with Crippen molar-refractivity contribution in [1.29, 1.82) is 0 Å². The van der Waals surface area contributed by atoms with Crippen LogP contribution in [0.1, 0.15) is 43.2 Å². The van der Waals surface area contributed by atoms with Crippen LogP contribution in [-0.2, 0) is 11.8 Å². The lowest BCUT2D eigenvalue weighted by Gasteiger charge is -2.56. The van der Waals surface area contributed by atoms with Crippen molar-refractivity contribution in [2.24, 2.45) is 5.92 Å². The Morgan fingerprint density at radius 2 is 2.17 bits per heavy atom. The molecule has 0 spiro atoms. The summed E-state index contributed by atoms with van der Waals surface area (Å²) >= 11 is 0. The van der Waals surface area contributed by atoms with Crippen molar-refractivity contribution in [2.75, 3.05) is 6.54 Å². The second kappa shape index (κ2) is 3.74. The third-order valence-electron chi connectivity index (χ3n) is 5.63. The number of fused-ring (bicyclic) bond motifs is 1. The summed E-state index contributed by atoms with van der Waals surface area (Å²) < 4.78 is 0. The fraction of sp³-hybridized carbons (Fsp3) is 0.625. The summed E-state index contributed by atoms with van der Waals surface area (Å²) in [6, 6.07) is 6.75. The summed E-state index contributed by atoms with van der Waals surface area (Å²) in [6.07, 6.45) is 7.85. The van der Waals surface area contributed by atoms with E-state index in [9.17, 15) is 5.11 Å². The van der Waals surface area contributed by atoms with Gasteiger partial charge in [0, 0.05) is 11.5 Å². The van der Waals surface area contributed by atoms with Crippen LogP contribution >= 0.6 is 0 Å². The second-order valence-corrected chi connectivity index (χ2v) is 6.36. The van der Waals surface area contributed by atoms with E-state index in [2.05, 4.69) is 17.4 Å². The number of hydrogen-bond donors (Lipinski definition) is 2. The maximum absolute atomic E-state index is 9.86. The highest BCUT2D eigenvalue weighted by atomic mass is 16.3. The van der Waals surface area contributed by atoms with Crippen molar-refractivity contribution in [1.82, 2.24) is 5.32 Å². The molecule has 0 amide bonds. The topological polar surface area (TPSA) is 32.3 Å². The van der Waals surface area contributed by atoms with E-state index in [0.29, 0.717) is 17.2 Å². The molecule has 2 fully saturated rings. The van der Waals surface area contributed by atoms with Gasteiger partial charge >= 0.3 is 0 Å². The molecule has 0 aromatic heterocycles. The Balaban J connectivity index is 1.91. The number of benzene rings is 1. The number of phenols is 1. The van der Waals surface area contributed by atoms with Crippen molar-refractivity contribution in [3.63, 3.8) is 0 Å². The fourth-order valence-corrected chi connectivity index (χ4v) is 4.91. The van der Waals surface area contributed by atoms with Crippen LogP contribution in [0.3, 0.4) is 0 Å². The first-order valence-electron chi connectivity index (χ1n) is 7.35. The predicted molar refractivity (Wildman–Crippen MR) is 71.9 cm³/mol. The lowest BCUT2D eigenvalue weighted by Crippen LogP contribution is -2.59. The third-order valence-corrected chi connectivity index (χ3v) is 5.63. The summed E-state index contributed by atoms with van der Waals surface area (Å²) in [6.45, 7) is 1.15. The molecule has 1 aromatic rings. The number of rotatable bonds is 0. The minimum Gasteiger partial charge on any atom is -0.508 e. The summed E-state index contributed by atoms with van der Waals surface area (Å²) in [7, 11) is 0. The van der Waals surface area contributed by atoms with Gasteiger partial charge in [0.25, 0.3) is 0 Å². The Hall–Kier alpha value is -1.02. The Labute approximate surface area is 108 Å². The number of aromatic hydroxyl groups is 1. The summed E-state index contributed by atoms with van der Waals surface area (Å²) in [5.41, 5.74) is 3.33. The molecule has 2 N–H and O–H groups in total. The summed E-state index contributed by atoms with van der Waals surface area (Å²) in [4.78, 5) is 0. The molecule has 1 heterocycles. The lowest BCUT2D eigenvalue weighted by molar-refractivity contribution is 0.0795. The molecular formula is C16H21NO. The molecular weight excluding hydrogens is 222 g/mol. The number of hydrogen-bond acceptors (Lipinski definition) is 2. The van der Waals surface area contributed by atoms with Crippen molar-refractivity contribution in [2.45, 2.75) is 50.0 Å². The van der Waals surface area contributed by atoms with E-state index in [1.165, 1.54) is 43.2 Å². The SMILES string of the molecule is Oc1ccc2c(c1)[C@@]13CCCCC1[C@H](C2)NCC3. The number of piperidine rings is 1. The van der Waals surface area contributed by atoms with Gasteiger partial charge in [-0.2, -0.15) is 0 Å². The molecule has 2 nitrogen and oxygen atoms in total. The minimum absolute atomic E-state index is 0.375. The minimum atomic E-state index is 0.375. The summed E-state index contributed by atoms with van der Waals surface area (Å²) in [5, 5.41) is 13.6. The van der Waals surface area contributed by atoms with Gasteiger partial charge in [-0.15, -0.1) is 0 Å². The first-order valence-corrected chi connectivity index (χ1v) is 7.35. The zero-order valence-corrected chi connectivity index (χ0v) is 10.8. The first-order chi connectivity index (χ1) is 8.79. The molecule has 1 saturated carbocycles. The highest BCUT2D eigenvalue weighted by Crippen LogP contribution is 2.54. The van der Waals surface area contributed by atoms with Crippen LogP contribution in [-0.4, -0.2) is 17.7 Å².